The van der Waals surface area contributed by atoms with Crippen molar-refractivity contribution in [1.29, 1.82) is 0 Å². The minimum Gasteiger partial charge on any atom is -0.120 e. The van der Waals surface area contributed by atoms with Crippen LogP contribution in [-0.4, -0.2) is 0 Å². The molecule has 0 rings (SSSR count). The molecule has 0 aliphatic rings. The minimum absolute atomic E-state index is 0.661. The summed E-state index contributed by atoms with van der Waals surface area (Å²) in [4.78, 5) is 0. The Hall–Kier alpha value is -0.700. The van der Waals surface area contributed by atoms with Crippen molar-refractivity contribution in [1.82, 2.24) is 0 Å². The average Bonchev–Trinajstić information content (AvgIpc) is 2.25. The molecule has 92 valence electrons. The van der Waals surface area contributed by atoms with Gasteiger partial charge in [0.2, 0.25) is 0 Å². The van der Waals surface area contributed by atoms with Gasteiger partial charge in [0.05, 0.1) is 0 Å². The van der Waals surface area contributed by atoms with Gasteiger partial charge in [0.1, 0.15) is 0 Å². The van der Waals surface area contributed by atoms with Crippen molar-refractivity contribution in [3.8, 4) is 12.3 Å². The van der Waals surface area contributed by atoms with E-state index in [1.165, 1.54) is 25.7 Å². The van der Waals surface area contributed by atoms with Gasteiger partial charge in [-0.3, -0.25) is 0 Å². The third-order valence-electron chi connectivity index (χ3n) is 3.61. The van der Waals surface area contributed by atoms with Crippen LogP contribution in [0.4, 0.5) is 0 Å². The van der Waals surface area contributed by atoms with Crippen LogP contribution < -0.4 is 0 Å². The van der Waals surface area contributed by atoms with E-state index in [0.717, 1.165) is 12.3 Å². The Labute approximate surface area is 103 Å². The molecular weight excluding hydrogens is 192 g/mol. The first-order chi connectivity index (χ1) is 7.52. The molecule has 0 aromatic carbocycles. The highest BCUT2D eigenvalue weighted by atomic mass is 14.1. The van der Waals surface area contributed by atoms with Gasteiger partial charge < -0.3 is 0 Å². The Morgan fingerprint density at radius 1 is 1.19 bits per heavy atom. The molecule has 16 heavy (non-hydrogen) atoms. The summed E-state index contributed by atoms with van der Waals surface area (Å²) in [6, 6.07) is 0. The lowest BCUT2D eigenvalue weighted by atomic mass is 9.90. The van der Waals surface area contributed by atoms with Gasteiger partial charge in [-0.25, -0.2) is 0 Å². The predicted molar refractivity (Wildman–Crippen MR) is 74.3 cm³/mol. The molecule has 0 fully saturated rings. The molecule has 0 N–H and O–H groups in total. The zero-order valence-corrected chi connectivity index (χ0v) is 11.8. The smallest absolute Gasteiger partial charge is 0.0112 e. The van der Waals surface area contributed by atoms with Crippen molar-refractivity contribution in [3.05, 3.63) is 11.1 Å². The van der Waals surface area contributed by atoms with Crippen molar-refractivity contribution in [3.63, 3.8) is 0 Å². The maximum Gasteiger partial charge on any atom is 0.0112 e. The van der Waals surface area contributed by atoms with E-state index in [2.05, 4.69) is 40.5 Å². The summed E-state index contributed by atoms with van der Waals surface area (Å²) in [5, 5.41) is 0. The molecule has 0 aliphatic carbocycles. The van der Waals surface area contributed by atoms with E-state index in [0.29, 0.717) is 5.92 Å². The van der Waals surface area contributed by atoms with Gasteiger partial charge in [0.25, 0.3) is 0 Å². The Balaban J connectivity index is 4.16. The highest BCUT2D eigenvalue weighted by Crippen LogP contribution is 2.23. The maximum atomic E-state index is 5.32. The zero-order chi connectivity index (χ0) is 12.6. The van der Waals surface area contributed by atoms with Crippen LogP contribution in [0.2, 0.25) is 0 Å². The van der Waals surface area contributed by atoms with Crippen LogP contribution in [0.25, 0.3) is 0 Å². The lowest BCUT2D eigenvalue weighted by molar-refractivity contribution is 0.536. The number of hydrogen-bond acceptors (Lipinski definition) is 0. The van der Waals surface area contributed by atoms with Gasteiger partial charge in [-0.05, 0) is 44.9 Å². The second-order valence-corrected chi connectivity index (χ2v) is 5.21. The number of hydrogen-bond donors (Lipinski definition) is 0. The molecule has 0 aromatic rings. The SMILES string of the molecule is C#CCC(C)CCC(C)=C(C)C(C)CCC. The molecule has 0 nitrogen and oxygen atoms in total. The van der Waals surface area contributed by atoms with Gasteiger partial charge in [0.15, 0.2) is 0 Å². The first-order valence-corrected chi connectivity index (χ1v) is 6.62. The molecule has 0 bridgehead atoms. The predicted octanol–water partition coefficient (Wildman–Crippen LogP) is 5.20. The molecule has 0 spiro atoms. The van der Waals surface area contributed by atoms with Crippen LogP contribution in [-0.2, 0) is 0 Å². The van der Waals surface area contributed by atoms with Gasteiger partial charge in [-0.2, -0.15) is 0 Å². The summed E-state index contributed by atoms with van der Waals surface area (Å²) in [6.07, 6.45) is 11.3. The first kappa shape index (κ1) is 15.3. The van der Waals surface area contributed by atoms with E-state index in [9.17, 15) is 0 Å². The monoisotopic (exact) mass is 220 g/mol. The normalized spacial score (nSPS) is 16.2. The number of allylic oxidation sites excluding steroid dienone is 2. The highest BCUT2D eigenvalue weighted by Gasteiger charge is 2.07. The largest absolute Gasteiger partial charge is 0.120 e. The molecule has 0 heterocycles. The van der Waals surface area contributed by atoms with Crippen LogP contribution in [0.3, 0.4) is 0 Å². The van der Waals surface area contributed by atoms with E-state index in [1.54, 1.807) is 11.1 Å². The average molecular weight is 220 g/mol. The van der Waals surface area contributed by atoms with Crippen molar-refractivity contribution in [2.24, 2.45) is 11.8 Å². The summed E-state index contributed by atoms with van der Waals surface area (Å²) in [7, 11) is 0. The minimum atomic E-state index is 0.661. The van der Waals surface area contributed by atoms with Crippen molar-refractivity contribution in [2.75, 3.05) is 0 Å². The molecule has 2 unspecified atom stereocenters. The van der Waals surface area contributed by atoms with Crippen LogP contribution in [0.15, 0.2) is 11.1 Å². The summed E-state index contributed by atoms with van der Waals surface area (Å²) in [6.45, 7) is 11.4. The van der Waals surface area contributed by atoms with E-state index < -0.39 is 0 Å². The lowest BCUT2D eigenvalue weighted by Crippen LogP contribution is -2.00. The van der Waals surface area contributed by atoms with E-state index >= 15 is 0 Å². The third-order valence-corrected chi connectivity index (χ3v) is 3.61. The van der Waals surface area contributed by atoms with Gasteiger partial charge in [-0.1, -0.05) is 38.3 Å². The van der Waals surface area contributed by atoms with E-state index in [-0.39, 0.29) is 0 Å². The Morgan fingerprint density at radius 3 is 2.31 bits per heavy atom. The van der Waals surface area contributed by atoms with Gasteiger partial charge in [-0.15, -0.1) is 12.3 Å². The fraction of sp³-hybridized carbons (Fsp3) is 0.750. The summed E-state index contributed by atoms with van der Waals surface area (Å²) >= 11 is 0. The maximum absolute atomic E-state index is 5.32. The third kappa shape index (κ3) is 6.01. The van der Waals surface area contributed by atoms with Crippen LogP contribution >= 0.6 is 0 Å². The van der Waals surface area contributed by atoms with E-state index in [1.807, 2.05) is 0 Å². The summed E-state index contributed by atoms with van der Waals surface area (Å²) < 4.78 is 0. The molecule has 0 saturated heterocycles. The standard InChI is InChI=1S/C16H28/c1-7-9-13(3)11-12-15(5)16(6)14(4)10-8-2/h1,13-14H,8-12H2,2-6H3. The number of terminal acetylenes is 1. The summed E-state index contributed by atoms with van der Waals surface area (Å²) in [5.41, 5.74) is 3.17. The number of rotatable bonds is 7. The van der Waals surface area contributed by atoms with E-state index in [4.69, 9.17) is 6.42 Å². The molecular formula is C16H28. The zero-order valence-electron chi connectivity index (χ0n) is 11.8. The second kappa shape index (κ2) is 8.45. The molecule has 0 aromatic heterocycles. The topological polar surface area (TPSA) is 0 Å². The second-order valence-electron chi connectivity index (χ2n) is 5.21. The molecule has 0 aliphatic heterocycles. The first-order valence-electron chi connectivity index (χ1n) is 6.62. The van der Waals surface area contributed by atoms with Crippen LogP contribution in [0.5, 0.6) is 0 Å². The van der Waals surface area contributed by atoms with Crippen LogP contribution in [0.1, 0.15) is 66.7 Å². The molecule has 0 radical (unpaired) electrons. The Kier molecular flexibility index (Phi) is 8.08. The summed E-state index contributed by atoms with van der Waals surface area (Å²) in [5.74, 6) is 4.15. The molecule has 2 atom stereocenters. The van der Waals surface area contributed by atoms with Crippen molar-refractivity contribution >= 4 is 0 Å². The van der Waals surface area contributed by atoms with Gasteiger partial charge in [0, 0.05) is 6.42 Å². The van der Waals surface area contributed by atoms with Crippen molar-refractivity contribution < 1.29 is 0 Å². The van der Waals surface area contributed by atoms with Gasteiger partial charge >= 0.3 is 0 Å². The molecule has 0 saturated carbocycles. The quantitative estimate of drug-likeness (QED) is 0.409. The van der Waals surface area contributed by atoms with Crippen LogP contribution in [0, 0.1) is 24.2 Å². The molecule has 0 amide bonds. The van der Waals surface area contributed by atoms with Crippen molar-refractivity contribution in [2.45, 2.75) is 66.7 Å². The fourth-order valence-electron chi connectivity index (χ4n) is 2.03. The Bertz CT molecular complexity index is 252. The Morgan fingerprint density at radius 2 is 1.81 bits per heavy atom. The highest BCUT2D eigenvalue weighted by molar-refractivity contribution is 5.12. The fourth-order valence-corrected chi connectivity index (χ4v) is 2.03. The molecule has 0 heteroatoms. The lowest BCUT2D eigenvalue weighted by Gasteiger charge is -2.16.